The first-order valence-corrected chi connectivity index (χ1v) is 5.53. The molecule has 2 heteroatoms. The summed E-state index contributed by atoms with van der Waals surface area (Å²) in [5, 5.41) is 0. The molecular weight excluding hydrogens is 186 g/mol. The number of methoxy groups -OCH3 is 1. The topological polar surface area (TPSA) is 12.5 Å². The van der Waals surface area contributed by atoms with E-state index in [1.807, 2.05) is 25.2 Å². The Balaban J connectivity index is 5.02. The molecule has 0 N–H and O–H groups in total. The van der Waals surface area contributed by atoms with Crippen molar-refractivity contribution in [1.29, 1.82) is 0 Å². The van der Waals surface area contributed by atoms with Gasteiger partial charge in [-0.3, -0.25) is 0 Å². The van der Waals surface area contributed by atoms with E-state index in [1.165, 1.54) is 0 Å². The summed E-state index contributed by atoms with van der Waals surface area (Å²) < 4.78 is 5.35. The Kier molecular flexibility index (Phi) is 7.51. The van der Waals surface area contributed by atoms with Crippen molar-refractivity contribution < 1.29 is 4.74 Å². The second-order valence-corrected chi connectivity index (χ2v) is 3.24. The van der Waals surface area contributed by atoms with Gasteiger partial charge in [0.05, 0.1) is 12.8 Å². The van der Waals surface area contributed by atoms with Crippen LogP contribution in [0.3, 0.4) is 0 Å². The molecule has 0 aliphatic carbocycles. The molecule has 0 aromatic heterocycles. The highest BCUT2D eigenvalue weighted by Crippen LogP contribution is 2.14. The van der Waals surface area contributed by atoms with Crippen LogP contribution >= 0.6 is 0 Å². The molecule has 0 bridgehead atoms. The van der Waals surface area contributed by atoms with Crippen LogP contribution in [-0.4, -0.2) is 25.1 Å². The average molecular weight is 209 g/mol. The standard InChI is InChI=1S/C13H23NO/c1-6-10-13(15-5)12(8-3)14(9-4)11-7-2/h6,8,10H,3,7,9,11H2,1-2,4-5H3/b10-6-,13-12-. The maximum atomic E-state index is 5.35. The number of nitrogens with zero attached hydrogens (tertiary/aromatic N) is 1. The molecule has 0 fully saturated rings. The third-order valence-electron chi connectivity index (χ3n) is 2.20. The van der Waals surface area contributed by atoms with Gasteiger partial charge in [0.15, 0.2) is 0 Å². The van der Waals surface area contributed by atoms with Crippen molar-refractivity contribution in [2.45, 2.75) is 27.2 Å². The van der Waals surface area contributed by atoms with Gasteiger partial charge in [-0.05, 0) is 32.4 Å². The first-order chi connectivity index (χ1) is 7.24. The summed E-state index contributed by atoms with van der Waals surface area (Å²) in [5.41, 5.74) is 1.07. The molecular formula is C13H23NO. The summed E-state index contributed by atoms with van der Waals surface area (Å²) in [7, 11) is 1.69. The van der Waals surface area contributed by atoms with E-state index in [-0.39, 0.29) is 0 Å². The van der Waals surface area contributed by atoms with Gasteiger partial charge in [-0.2, -0.15) is 0 Å². The number of ether oxygens (including phenoxy) is 1. The molecule has 0 saturated carbocycles. The smallest absolute Gasteiger partial charge is 0.141 e. The lowest BCUT2D eigenvalue weighted by Crippen LogP contribution is -2.24. The molecule has 0 aliphatic rings. The number of hydrogen-bond acceptors (Lipinski definition) is 2. The van der Waals surface area contributed by atoms with Crippen LogP contribution < -0.4 is 0 Å². The van der Waals surface area contributed by atoms with Crippen LogP contribution in [0.25, 0.3) is 0 Å². The SMILES string of the molecule is C=C/C(=C(\C=C/C)OC)N(CC)CCC. The van der Waals surface area contributed by atoms with E-state index in [9.17, 15) is 0 Å². The van der Waals surface area contributed by atoms with Crippen molar-refractivity contribution in [1.82, 2.24) is 4.90 Å². The summed E-state index contributed by atoms with van der Waals surface area (Å²) in [4.78, 5) is 2.27. The van der Waals surface area contributed by atoms with E-state index >= 15 is 0 Å². The monoisotopic (exact) mass is 209 g/mol. The summed E-state index contributed by atoms with van der Waals surface area (Å²) in [6.07, 6.45) is 6.92. The quantitative estimate of drug-likeness (QED) is 0.471. The number of hydrogen-bond donors (Lipinski definition) is 0. The number of rotatable bonds is 7. The van der Waals surface area contributed by atoms with Gasteiger partial charge in [-0.25, -0.2) is 0 Å². The predicted molar refractivity (Wildman–Crippen MR) is 66.6 cm³/mol. The van der Waals surface area contributed by atoms with E-state index in [0.29, 0.717) is 0 Å². The van der Waals surface area contributed by atoms with Gasteiger partial charge in [-0.1, -0.05) is 19.6 Å². The van der Waals surface area contributed by atoms with Gasteiger partial charge in [0.2, 0.25) is 0 Å². The van der Waals surface area contributed by atoms with Crippen LogP contribution in [0.1, 0.15) is 27.2 Å². The van der Waals surface area contributed by atoms with Crippen molar-refractivity contribution >= 4 is 0 Å². The fourth-order valence-electron chi connectivity index (χ4n) is 1.51. The van der Waals surface area contributed by atoms with Crippen molar-refractivity contribution in [2.75, 3.05) is 20.2 Å². The third-order valence-corrected chi connectivity index (χ3v) is 2.20. The van der Waals surface area contributed by atoms with Crippen LogP contribution in [0, 0.1) is 0 Å². The Labute approximate surface area is 93.9 Å². The minimum Gasteiger partial charge on any atom is -0.495 e. The molecule has 0 atom stereocenters. The molecule has 0 unspecified atom stereocenters. The molecule has 0 spiro atoms. The zero-order valence-corrected chi connectivity index (χ0v) is 10.4. The Morgan fingerprint density at radius 3 is 2.40 bits per heavy atom. The van der Waals surface area contributed by atoms with Crippen molar-refractivity contribution in [3.8, 4) is 0 Å². The zero-order chi connectivity index (χ0) is 11.7. The number of allylic oxidation sites excluding steroid dienone is 3. The van der Waals surface area contributed by atoms with Crippen molar-refractivity contribution in [2.24, 2.45) is 0 Å². The van der Waals surface area contributed by atoms with Crippen LogP contribution in [0.5, 0.6) is 0 Å². The zero-order valence-electron chi connectivity index (χ0n) is 10.4. The summed E-state index contributed by atoms with van der Waals surface area (Å²) >= 11 is 0. The first-order valence-electron chi connectivity index (χ1n) is 5.53. The highest BCUT2D eigenvalue weighted by Gasteiger charge is 2.08. The molecule has 0 rings (SSSR count). The largest absolute Gasteiger partial charge is 0.495 e. The van der Waals surface area contributed by atoms with Gasteiger partial charge in [-0.15, -0.1) is 0 Å². The minimum absolute atomic E-state index is 0.878. The average Bonchev–Trinajstić information content (AvgIpc) is 2.27. The molecule has 0 aliphatic heterocycles. The lowest BCUT2D eigenvalue weighted by molar-refractivity contribution is 0.275. The molecule has 0 radical (unpaired) electrons. The van der Waals surface area contributed by atoms with Crippen LogP contribution in [0.2, 0.25) is 0 Å². The van der Waals surface area contributed by atoms with Crippen LogP contribution in [0.4, 0.5) is 0 Å². The van der Waals surface area contributed by atoms with E-state index in [1.54, 1.807) is 7.11 Å². The number of likely N-dealkylation sites (N-methyl/N-ethyl adjacent to an activating group) is 1. The van der Waals surface area contributed by atoms with Gasteiger partial charge >= 0.3 is 0 Å². The van der Waals surface area contributed by atoms with Crippen LogP contribution in [-0.2, 0) is 4.74 Å². The van der Waals surface area contributed by atoms with E-state index < -0.39 is 0 Å². The first kappa shape index (κ1) is 13.8. The molecule has 0 aromatic rings. The molecule has 0 heterocycles. The second kappa shape index (κ2) is 8.16. The molecule has 2 nitrogen and oxygen atoms in total. The fourth-order valence-corrected chi connectivity index (χ4v) is 1.51. The molecule has 86 valence electrons. The maximum Gasteiger partial charge on any atom is 0.141 e. The predicted octanol–water partition coefficient (Wildman–Crippen LogP) is 3.34. The Hall–Kier alpha value is -1.18. The third kappa shape index (κ3) is 4.24. The second-order valence-electron chi connectivity index (χ2n) is 3.24. The van der Waals surface area contributed by atoms with Gasteiger partial charge < -0.3 is 9.64 Å². The van der Waals surface area contributed by atoms with E-state index in [4.69, 9.17) is 4.74 Å². The Morgan fingerprint density at radius 2 is 2.07 bits per heavy atom. The highest BCUT2D eigenvalue weighted by atomic mass is 16.5. The molecule has 15 heavy (non-hydrogen) atoms. The Morgan fingerprint density at radius 1 is 1.40 bits per heavy atom. The lowest BCUT2D eigenvalue weighted by Gasteiger charge is -2.24. The molecule has 0 amide bonds. The lowest BCUT2D eigenvalue weighted by atomic mass is 10.2. The molecule has 0 saturated heterocycles. The van der Waals surface area contributed by atoms with Gasteiger partial charge in [0.1, 0.15) is 5.76 Å². The van der Waals surface area contributed by atoms with E-state index in [0.717, 1.165) is 31.0 Å². The highest BCUT2D eigenvalue weighted by molar-refractivity contribution is 5.27. The summed E-state index contributed by atoms with van der Waals surface area (Å²) in [5.74, 6) is 0.878. The molecule has 0 aromatic carbocycles. The summed E-state index contributed by atoms with van der Waals surface area (Å²) in [6, 6.07) is 0. The minimum atomic E-state index is 0.878. The van der Waals surface area contributed by atoms with Gasteiger partial charge in [0, 0.05) is 13.1 Å². The summed E-state index contributed by atoms with van der Waals surface area (Å²) in [6.45, 7) is 12.1. The van der Waals surface area contributed by atoms with Crippen LogP contribution in [0.15, 0.2) is 36.3 Å². The Bertz CT molecular complexity index is 241. The van der Waals surface area contributed by atoms with Crippen molar-refractivity contribution in [3.05, 3.63) is 36.3 Å². The fraction of sp³-hybridized carbons (Fsp3) is 0.538. The van der Waals surface area contributed by atoms with E-state index in [2.05, 4.69) is 25.3 Å². The maximum absolute atomic E-state index is 5.35. The van der Waals surface area contributed by atoms with Gasteiger partial charge in [0.25, 0.3) is 0 Å². The van der Waals surface area contributed by atoms with Crippen molar-refractivity contribution in [3.63, 3.8) is 0 Å². The normalized spacial score (nSPS) is 12.5.